The second-order valence-electron chi connectivity index (χ2n) is 8.58. The number of anilines is 1. The first-order valence-corrected chi connectivity index (χ1v) is 15.3. The zero-order valence-electron chi connectivity index (χ0n) is 20.5. The molecule has 12 heteroatoms. The van der Waals surface area contributed by atoms with Crippen LogP contribution in [0.3, 0.4) is 0 Å². The highest BCUT2D eigenvalue weighted by atomic mass is 35.5. The minimum atomic E-state index is -4.03. The fourth-order valence-corrected chi connectivity index (χ4v) is 7.04. The first-order chi connectivity index (χ1) is 18.2. The molecule has 1 N–H and O–H groups in total. The van der Waals surface area contributed by atoms with E-state index >= 15 is 0 Å². The lowest BCUT2D eigenvalue weighted by molar-refractivity contribution is -0.119. The van der Waals surface area contributed by atoms with E-state index in [0.717, 1.165) is 17.1 Å². The molecule has 0 saturated carbocycles. The van der Waals surface area contributed by atoms with E-state index in [-0.39, 0.29) is 22.9 Å². The number of ether oxygens (including phenoxy) is 1. The predicted molar refractivity (Wildman–Crippen MR) is 145 cm³/mol. The van der Waals surface area contributed by atoms with Crippen molar-refractivity contribution >= 4 is 43.2 Å². The summed E-state index contributed by atoms with van der Waals surface area (Å²) >= 11 is 5.90. The molecule has 0 unspecified atom stereocenters. The third kappa shape index (κ3) is 6.65. The topological polar surface area (TPSA) is 113 Å². The summed E-state index contributed by atoms with van der Waals surface area (Å²) in [5.74, 6) is -0.0575. The molecule has 3 aromatic rings. The van der Waals surface area contributed by atoms with E-state index in [1.165, 1.54) is 40.7 Å². The molecule has 1 aliphatic heterocycles. The highest BCUT2D eigenvalue weighted by Crippen LogP contribution is 2.25. The molecule has 4 rings (SSSR count). The van der Waals surface area contributed by atoms with Crippen LogP contribution in [0.4, 0.5) is 5.69 Å². The summed E-state index contributed by atoms with van der Waals surface area (Å²) < 4.78 is 60.0. The average Bonchev–Trinajstić information content (AvgIpc) is 3.47. The SMILES string of the molecule is O=C(CN(c1ccccc1)S(=O)(=O)c1ccc(Cl)cc1)NCCOc1ccc(S(=O)(=O)N2CCCC2)cc1. The fourth-order valence-electron chi connectivity index (χ4n) is 3.97. The van der Waals surface area contributed by atoms with Crippen LogP contribution in [0, 0.1) is 0 Å². The van der Waals surface area contributed by atoms with E-state index in [1.54, 1.807) is 42.5 Å². The van der Waals surface area contributed by atoms with E-state index in [4.69, 9.17) is 16.3 Å². The van der Waals surface area contributed by atoms with E-state index in [0.29, 0.717) is 29.5 Å². The van der Waals surface area contributed by atoms with E-state index in [9.17, 15) is 21.6 Å². The maximum absolute atomic E-state index is 13.3. The van der Waals surface area contributed by atoms with Gasteiger partial charge in [0.15, 0.2) is 0 Å². The normalized spacial score (nSPS) is 14.2. The molecule has 0 radical (unpaired) electrons. The second-order valence-corrected chi connectivity index (χ2v) is 12.8. The van der Waals surface area contributed by atoms with Gasteiger partial charge >= 0.3 is 0 Å². The van der Waals surface area contributed by atoms with Crippen LogP contribution in [0.25, 0.3) is 0 Å². The molecule has 1 aliphatic rings. The second kappa shape index (κ2) is 12.2. The molecule has 9 nitrogen and oxygen atoms in total. The smallest absolute Gasteiger partial charge is 0.264 e. The molecule has 1 amide bonds. The predicted octanol–water partition coefficient (Wildman–Crippen LogP) is 3.52. The Labute approximate surface area is 228 Å². The number of carbonyl (C=O) groups excluding carboxylic acids is 1. The zero-order valence-corrected chi connectivity index (χ0v) is 22.9. The number of sulfonamides is 2. The van der Waals surface area contributed by atoms with E-state index in [1.807, 2.05) is 0 Å². The third-order valence-electron chi connectivity index (χ3n) is 5.95. The summed E-state index contributed by atoms with van der Waals surface area (Å²) in [6, 6.07) is 20.2. The van der Waals surface area contributed by atoms with Gasteiger partial charge in [-0.25, -0.2) is 16.8 Å². The highest BCUT2D eigenvalue weighted by molar-refractivity contribution is 7.92. The Hall–Kier alpha value is -3.12. The van der Waals surface area contributed by atoms with Crippen molar-refractivity contribution in [1.29, 1.82) is 0 Å². The largest absolute Gasteiger partial charge is 0.492 e. The minimum absolute atomic E-state index is 0.0112. The number of amides is 1. The number of para-hydroxylation sites is 1. The number of carbonyl (C=O) groups is 1. The van der Waals surface area contributed by atoms with Crippen LogP contribution in [-0.2, 0) is 24.8 Å². The number of rotatable bonds is 11. The van der Waals surface area contributed by atoms with Gasteiger partial charge in [0.2, 0.25) is 15.9 Å². The van der Waals surface area contributed by atoms with Gasteiger partial charge in [0, 0.05) is 18.1 Å². The van der Waals surface area contributed by atoms with Crippen LogP contribution >= 0.6 is 11.6 Å². The highest BCUT2D eigenvalue weighted by Gasteiger charge is 2.28. The van der Waals surface area contributed by atoms with Crippen LogP contribution in [0.15, 0.2) is 88.7 Å². The van der Waals surface area contributed by atoms with Gasteiger partial charge in [-0.1, -0.05) is 29.8 Å². The quantitative estimate of drug-likeness (QED) is 0.349. The molecule has 3 aromatic carbocycles. The molecule has 0 atom stereocenters. The minimum Gasteiger partial charge on any atom is -0.492 e. The number of nitrogens with zero attached hydrogens (tertiary/aromatic N) is 2. The van der Waals surface area contributed by atoms with Crippen molar-refractivity contribution in [3.8, 4) is 5.75 Å². The Morgan fingerprint density at radius 2 is 1.47 bits per heavy atom. The van der Waals surface area contributed by atoms with Gasteiger partial charge in [-0.15, -0.1) is 0 Å². The van der Waals surface area contributed by atoms with E-state index < -0.39 is 32.5 Å². The first-order valence-electron chi connectivity index (χ1n) is 12.0. The molecule has 202 valence electrons. The number of hydrogen-bond acceptors (Lipinski definition) is 6. The fraction of sp³-hybridized carbons (Fsp3) is 0.269. The lowest BCUT2D eigenvalue weighted by Crippen LogP contribution is -2.41. The van der Waals surface area contributed by atoms with Gasteiger partial charge in [0.25, 0.3) is 10.0 Å². The standard InChI is InChI=1S/C26H28ClN3O6S2/c27-21-8-12-25(13-9-21)38(34,35)30(22-6-2-1-3-7-22)20-26(31)28-16-19-36-23-10-14-24(15-11-23)37(32,33)29-17-4-5-18-29/h1-3,6-15H,4-5,16-20H2,(H,28,31). The van der Waals surface area contributed by atoms with Crippen molar-refractivity contribution in [3.63, 3.8) is 0 Å². The Kier molecular flexibility index (Phi) is 8.93. The summed E-state index contributed by atoms with van der Waals surface area (Å²) in [6.07, 6.45) is 1.73. The van der Waals surface area contributed by atoms with Crippen molar-refractivity contribution in [2.75, 3.05) is 37.1 Å². The lowest BCUT2D eigenvalue weighted by Gasteiger charge is -2.24. The van der Waals surface area contributed by atoms with Crippen LogP contribution < -0.4 is 14.4 Å². The van der Waals surface area contributed by atoms with Crippen molar-refractivity contribution in [3.05, 3.63) is 83.9 Å². The molecule has 1 heterocycles. The van der Waals surface area contributed by atoms with Crippen molar-refractivity contribution in [2.24, 2.45) is 0 Å². The lowest BCUT2D eigenvalue weighted by atomic mass is 10.3. The van der Waals surface area contributed by atoms with Crippen molar-refractivity contribution in [1.82, 2.24) is 9.62 Å². The van der Waals surface area contributed by atoms with Gasteiger partial charge in [-0.3, -0.25) is 9.10 Å². The monoisotopic (exact) mass is 577 g/mol. The Morgan fingerprint density at radius 3 is 2.11 bits per heavy atom. The number of halogens is 1. The van der Waals surface area contributed by atoms with Crippen LogP contribution in [-0.4, -0.2) is 59.8 Å². The molecule has 1 saturated heterocycles. The van der Waals surface area contributed by atoms with Crippen LogP contribution in [0.2, 0.25) is 5.02 Å². The number of nitrogens with one attached hydrogen (secondary N) is 1. The maximum atomic E-state index is 13.3. The summed E-state index contributed by atoms with van der Waals surface area (Å²) in [7, 11) is -7.53. The van der Waals surface area contributed by atoms with Gasteiger partial charge in [0.05, 0.1) is 22.0 Å². The molecule has 0 aromatic heterocycles. The molecule has 0 spiro atoms. The average molecular weight is 578 g/mol. The summed E-state index contributed by atoms with van der Waals surface area (Å²) in [6.45, 7) is 0.861. The molecule has 38 heavy (non-hydrogen) atoms. The summed E-state index contributed by atoms with van der Waals surface area (Å²) in [5, 5.41) is 3.06. The summed E-state index contributed by atoms with van der Waals surface area (Å²) in [5.41, 5.74) is 0.345. The molecular formula is C26H28ClN3O6S2. The van der Waals surface area contributed by atoms with E-state index in [2.05, 4.69) is 5.32 Å². The van der Waals surface area contributed by atoms with Gasteiger partial charge in [-0.05, 0) is 73.5 Å². The summed E-state index contributed by atoms with van der Waals surface area (Å²) in [4.78, 5) is 12.9. The molecule has 0 aliphatic carbocycles. The van der Waals surface area contributed by atoms with Crippen LogP contribution in [0.5, 0.6) is 5.75 Å². The van der Waals surface area contributed by atoms with Crippen molar-refractivity contribution < 1.29 is 26.4 Å². The Bertz CT molecular complexity index is 1440. The molecule has 1 fully saturated rings. The zero-order chi connectivity index (χ0) is 27.2. The van der Waals surface area contributed by atoms with Crippen LogP contribution in [0.1, 0.15) is 12.8 Å². The number of hydrogen-bond donors (Lipinski definition) is 1. The van der Waals surface area contributed by atoms with Gasteiger partial charge in [-0.2, -0.15) is 4.31 Å². The molecule has 0 bridgehead atoms. The van der Waals surface area contributed by atoms with Crippen molar-refractivity contribution in [2.45, 2.75) is 22.6 Å². The van der Waals surface area contributed by atoms with Gasteiger partial charge < -0.3 is 10.1 Å². The maximum Gasteiger partial charge on any atom is 0.264 e. The van der Waals surface area contributed by atoms with Gasteiger partial charge in [0.1, 0.15) is 18.9 Å². The number of benzene rings is 3. The third-order valence-corrected chi connectivity index (χ3v) is 9.91. The first kappa shape index (κ1) is 27.9. The Morgan fingerprint density at radius 1 is 0.868 bits per heavy atom. The molecular weight excluding hydrogens is 550 g/mol. The Balaban J connectivity index is 1.34.